The second-order valence-corrected chi connectivity index (χ2v) is 19.1. The molecule has 8 unspecified atom stereocenters. The summed E-state index contributed by atoms with van der Waals surface area (Å²) in [7, 11) is 0. The van der Waals surface area contributed by atoms with Crippen LogP contribution < -0.4 is 5.32 Å². The third-order valence-electron chi connectivity index (χ3n) is 12.5. The fourth-order valence-electron chi connectivity index (χ4n) is 7.95. The Morgan fingerprint density at radius 3 is 1.60 bits per heavy atom. The first-order chi connectivity index (χ1) is 35.7. The number of nitrogens with one attached hydrogen (secondary N) is 1. The first kappa shape index (κ1) is 67.1. The van der Waals surface area contributed by atoms with Crippen LogP contribution in [0, 0.1) is 0 Å². The van der Waals surface area contributed by atoms with Gasteiger partial charge in [-0.05, 0) is 83.5 Å². The summed E-state index contributed by atoms with van der Waals surface area (Å²) in [5.74, 6) is -1.31. The molecule has 11 nitrogen and oxygen atoms in total. The van der Waals surface area contributed by atoms with Gasteiger partial charge >= 0.3 is 5.97 Å². The zero-order valence-corrected chi connectivity index (χ0v) is 45.4. The first-order valence-corrected chi connectivity index (χ1v) is 28.4. The molecule has 1 rings (SSSR count). The normalized spacial score (nSPS) is 20.4. The minimum Gasteiger partial charge on any atom is -0.454 e. The highest BCUT2D eigenvalue weighted by atomic mass is 16.7. The van der Waals surface area contributed by atoms with Crippen molar-refractivity contribution in [1.82, 2.24) is 5.32 Å². The van der Waals surface area contributed by atoms with Crippen molar-refractivity contribution < 1.29 is 49.3 Å². The van der Waals surface area contributed by atoms with Gasteiger partial charge in [-0.25, -0.2) is 0 Å². The lowest BCUT2D eigenvalue weighted by Crippen LogP contribution is -2.61. The van der Waals surface area contributed by atoms with Crippen LogP contribution >= 0.6 is 0 Å². The molecule has 73 heavy (non-hydrogen) atoms. The van der Waals surface area contributed by atoms with E-state index in [0.29, 0.717) is 12.8 Å². The number of esters is 1. The summed E-state index contributed by atoms with van der Waals surface area (Å²) in [5.41, 5.74) is 0. The van der Waals surface area contributed by atoms with E-state index in [4.69, 9.17) is 14.2 Å². The molecule has 0 aliphatic carbocycles. The van der Waals surface area contributed by atoms with Crippen LogP contribution in [0.4, 0.5) is 0 Å². The Hall–Kier alpha value is -3.94. The molecular formula is C62H101NO10. The lowest BCUT2D eigenvalue weighted by molar-refractivity contribution is -0.305. The molecule has 1 saturated heterocycles. The van der Waals surface area contributed by atoms with Gasteiger partial charge in [0.1, 0.15) is 24.4 Å². The summed E-state index contributed by atoms with van der Waals surface area (Å²) in [4.78, 5) is 26.4. The maximum absolute atomic E-state index is 13.3. The Bertz CT molecular complexity index is 1640. The summed E-state index contributed by atoms with van der Waals surface area (Å²) < 4.78 is 17.5. The number of hydrogen-bond donors (Lipinski definition) is 6. The van der Waals surface area contributed by atoms with E-state index in [1.54, 1.807) is 6.08 Å². The average molecular weight is 1020 g/mol. The smallest absolute Gasteiger partial charge is 0.306 e. The molecule has 0 radical (unpaired) electrons. The predicted molar refractivity (Wildman–Crippen MR) is 301 cm³/mol. The van der Waals surface area contributed by atoms with Crippen molar-refractivity contribution in [3.8, 4) is 0 Å². The summed E-state index contributed by atoms with van der Waals surface area (Å²) in [6.45, 7) is 5.51. The highest BCUT2D eigenvalue weighted by molar-refractivity contribution is 5.80. The summed E-state index contributed by atoms with van der Waals surface area (Å²) in [6, 6.07) is -1.07. The van der Waals surface area contributed by atoms with E-state index >= 15 is 0 Å². The lowest BCUT2D eigenvalue weighted by Gasteiger charge is -2.41. The number of rotatable bonds is 45. The van der Waals surface area contributed by atoms with Gasteiger partial charge in [0.2, 0.25) is 5.91 Å². The Morgan fingerprint density at radius 1 is 0.562 bits per heavy atom. The number of amides is 1. The first-order valence-electron chi connectivity index (χ1n) is 28.4. The second kappa shape index (κ2) is 49.0. The highest BCUT2D eigenvalue weighted by Gasteiger charge is 2.47. The molecule has 11 heteroatoms. The number of aliphatic hydroxyl groups is 5. The molecule has 6 N–H and O–H groups in total. The molecule has 0 aromatic rings. The van der Waals surface area contributed by atoms with Crippen LogP contribution in [0.25, 0.3) is 0 Å². The summed E-state index contributed by atoms with van der Waals surface area (Å²) >= 11 is 0. The minimum absolute atomic E-state index is 0.0863. The van der Waals surface area contributed by atoms with Crippen molar-refractivity contribution in [3.05, 3.63) is 122 Å². The zero-order valence-electron chi connectivity index (χ0n) is 45.4. The highest BCUT2D eigenvalue weighted by Crippen LogP contribution is 2.26. The molecule has 1 aliphatic rings. The third kappa shape index (κ3) is 37.4. The zero-order chi connectivity index (χ0) is 53.3. The van der Waals surface area contributed by atoms with Crippen LogP contribution in [-0.4, -0.2) is 99.6 Å². The Kier molecular flexibility index (Phi) is 45.0. The predicted octanol–water partition coefficient (Wildman–Crippen LogP) is 12.7. The van der Waals surface area contributed by atoms with E-state index in [2.05, 4.69) is 80.8 Å². The van der Waals surface area contributed by atoms with E-state index in [0.717, 1.165) is 83.5 Å². The third-order valence-corrected chi connectivity index (χ3v) is 12.5. The van der Waals surface area contributed by atoms with Crippen LogP contribution in [0.1, 0.15) is 194 Å². The molecule has 0 aromatic carbocycles. The number of carbonyl (C=O) groups is 2. The van der Waals surface area contributed by atoms with Crippen molar-refractivity contribution in [2.24, 2.45) is 0 Å². The van der Waals surface area contributed by atoms with Gasteiger partial charge in [-0.15, -0.1) is 0 Å². The minimum atomic E-state index is -1.64. The molecule has 1 fully saturated rings. The van der Waals surface area contributed by atoms with E-state index in [9.17, 15) is 35.1 Å². The number of ether oxygens (including phenoxy) is 3. The van der Waals surface area contributed by atoms with Gasteiger partial charge in [0.15, 0.2) is 12.4 Å². The van der Waals surface area contributed by atoms with E-state index in [1.165, 1.54) is 64.2 Å². The standard InChI is InChI=1S/C62H101NO10/c1-4-7-10-13-16-19-22-24-25-26-27-28-29-30-31-32-35-38-41-44-47-50-57(67)73-60-59(69)58(68)56(51-64)72-62(60)71-52-53(54(65)48-45-42-39-36-33-21-18-15-12-9-6-3)63-61(70)55(66)49-46-43-40-37-34-23-20-17-14-11-8-5-2/h8,11,14,16-17,19-20,23-25,27-28,30-31,34,37,40,43,45,48,53-56,58-60,62,64-66,68-69H,4-7,9-10,12-13,15,18,21-22,26,29,32-33,35-36,38-39,41-42,44,46-47,49-52H2,1-3H3,(H,63,70)/b11-8+,17-14+,19-16-,23-20-,25-24-,28-27-,31-30-,37-34-,43-40+,48-45+. The maximum atomic E-state index is 13.3. The molecular weight excluding hydrogens is 919 g/mol. The average Bonchev–Trinajstić information content (AvgIpc) is 3.39. The Labute approximate surface area is 442 Å². The van der Waals surface area contributed by atoms with Crippen molar-refractivity contribution in [3.63, 3.8) is 0 Å². The van der Waals surface area contributed by atoms with Crippen molar-refractivity contribution in [2.45, 2.75) is 243 Å². The SMILES string of the molecule is CC/C=C/C=C/C=C\C=C/C=C/CCC(O)C(=O)NC(COC1OC(CO)C(O)C(O)C1OC(=O)CCCCCCC/C=C\C/C=C\C/C=C\C/C=C\CCCCC)C(O)/C=C/CCCCCCCCCCC. The molecule has 0 spiro atoms. The van der Waals surface area contributed by atoms with E-state index in [1.807, 2.05) is 60.8 Å². The van der Waals surface area contributed by atoms with Crippen LogP contribution in [0.2, 0.25) is 0 Å². The van der Waals surface area contributed by atoms with Gasteiger partial charge in [0, 0.05) is 6.42 Å². The number of hydrogen-bond acceptors (Lipinski definition) is 10. The molecule has 0 bridgehead atoms. The molecule has 1 aliphatic heterocycles. The molecule has 1 heterocycles. The number of unbranched alkanes of at least 4 members (excludes halogenated alkanes) is 17. The largest absolute Gasteiger partial charge is 0.454 e. The molecule has 414 valence electrons. The quantitative estimate of drug-likeness (QED) is 0.0149. The van der Waals surface area contributed by atoms with E-state index in [-0.39, 0.29) is 19.4 Å². The van der Waals surface area contributed by atoms with Crippen LogP contribution in [0.15, 0.2) is 122 Å². The van der Waals surface area contributed by atoms with Gasteiger partial charge < -0.3 is 45.1 Å². The van der Waals surface area contributed by atoms with Crippen LogP contribution in [0.3, 0.4) is 0 Å². The fraction of sp³-hybridized carbons (Fsp3) is 0.645. The summed E-state index contributed by atoms with van der Waals surface area (Å²) in [5, 5.41) is 56.6. The maximum Gasteiger partial charge on any atom is 0.306 e. The second-order valence-electron chi connectivity index (χ2n) is 19.1. The molecule has 8 atom stereocenters. The monoisotopic (exact) mass is 1020 g/mol. The van der Waals surface area contributed by atoms with Crippen LogP contribution in [-0.2, 0) is 23.8 Å². The van der Waals surface area contributed by atoms with E-state index < -0.39 is 67.4 Å². The Morgan fingerprint density at radius 2 is 1.04 bits per heavy atom. The fourth-order valence-corrected chi connectivity index (χ4v) is 7.95. The molecule has 0 aromatic heterocycles. The van der Waals surface area contributed by atoms with Gasteiger partial charge in [-0.1, -0.05) is 226 Å². The summed E-state index contributed by atoms with van der Waals surface area (Å²) in [6.07, 6.45) is 56.9. The van der Waals surface area contributed by atoms with Gasteiger partial charge in [0.25, 0.3) is 0 Å². The van der Waals surface area contributed by atoms with Crippen molar-refractivity contribution in [2.75, 3.05) is 13.2 Å². The van der Waals surface area contributed by atoms with Gasteiger partial charge in [-0.3, -0.25) is 9.59 Å². The number of carbonyl (C=O) groups excluding carboxylic acids is 2. The number of allylic oxidation sites excluding steroid dienone is 19. The lowest BCUT2D eigenvalue weighted by atomic mass is 9.99. The molecule has 0 saturated carbocycles. The van der Waals surface area contributed by atoms with Gasteiger partial charge in [0.05, 0.1) is 25.4 Å². The topological polar surface area (TPSA) is 175 Å². The molecule has 1 amide bonds. The van der Waals surface area contributed by atoms with Crippen molar-refractivity contribution in [1.29, 1.82) is 0 Å². The van der Waals surface area contributed by atoms with Crippen molar-refractivity contribution >= 4 is 11.9 Å². The number of aliphatic hydroxyl groups excluding tert-OH is 5. The Balaban J connectivity index is 2.75. The van der Waals surface area contributed by atoms with Crippen LogP contribution in [0.5, 0.6) is 0 Å². The van der Waals surface area contributed by atoms with Gasteiger partial charge in [-0.2, -0.15) is 0 Å².